The molecule has 24 heteroatoms. The lowest BCUT2D eigenvalue weighted by molar-refractivity contribution is -0.142. The van der Waals surface area contributed by atoms with E-state index in [9.17, 15) is 53.4 Å². The van der Waals surface area contributed by atoms with E-state index < -0.39 is 108 Å². The number of benzene rings is 4. The van der Waals surface area contributed by atoms with Gasteiger partial charge < -0.3 is 68.8 Å². The maximum absolute atomic E-state index is 14.9. The Morgan fingerprint density at radius 2 is 1.11 bits per heavy atom. The molecule has 420 valence electrons. The Kier molecular flexibility index (Phi) is 22.8. The number of carbonyl (C=O) groups excluding carboxylic acids is 8. The molecule has 8 amide bonds. The minimum atomic E-state index is -1.94. The van der Waals surface area contributed by atoms with Gasteiger partial charge in [-0.05, 0) is 67.6 Å². The van der Waals surface area contributed by atoms with Crippen molar-refractivity contribution in [3.8, 4) is 0 Å². The summed E-state index contributed by atoms with van der Waals surface area (Å²) in [6.07, 6.45) is -1.51. The Balaban J connectivity index is 1.41. The quantitative estimate of drug-likeness (QED) is 0.0536. The normalized spacial score (nSPS) is 23.1. The fourth-order valence-electron chi connectivity index (χ4n) is 8.57. The van der Waals surface area contributed by atoms with Gasteiger partial charge in [0, 0.05) is 60.5 Å². The molecule has 5 aromatic rings. The van der Waals surface area contributed by atoms with Crippen LogP contribution in [0.15, 0.2) is 121 Å². The first-order valence-electron chi connectivity index (χ1n) is 25.6. The van der Waals surface area contributed by atoms with Crippen LogP contribution < -0.4 is 48.7 Å². The second-order valence-corrected chi connectivity index (χ2v) is 21.5. The van der Waals surface area contributed by atoms with Crippen LogP contribution >= 0.6 is 21.6 Å². The van der Waals surface area contributed by atoms with E-state index in [-0.39, 0.29) is 55.7 Å². The molecule has 14 N–H and O–H groups in total. The van der Waals surface area contributed by atoms with Gasteiger partial charge in [-0.15, -0.1) is 0 Å². The third-order valence-electron chi connectivity index (χ3n) is 13.0. The number of carboxylic acids is 1. The van der Waals surface area contributed by atoms with Crippen molar-refractivity contribution >= 4 is 85.7 Å². The van der Waals surface area contributed by atoms with Crippen molar-refractivity contribution < 1.29 is 53.4 Å². The number of aromatic amines is 1. The number of amides is 8. The van der Waals surface area contributed by atoms with Gasteiger partial charge in [0.15, 0.2) is 6.17 Å². The monoisotopic (exact) mass is 1120 g/mol. The van der Waals surface area contributed by atoms with Crippen molar-refractivity contribution in [2.45, 2.75) is 100 Å². The average molecular weight is 1120 g/mol. The summed E-state index contributed by atoms with van der Waals surface area (Å²) >= 11 is 0. The molecule has 1 aliphatic rings. The van der Waals surface area contributed by atoms with Crippen molar-refractivity contribution in [3.63, 3.8) is 0 Å². The lowest BCUT2D eigenvalue weighted by Gasteiger charge is -2.32. The predicted octanol–water partition coefficient (Wildman–Crippen LogP) is 0.636. The number of carboxylic acid groups (broad SMARTS) is 1. The fraction of sp³-hybridized carbons (Fsp3) is 0.364. The molecule has 9 atom stereocenters. The molecule has 0 aliphatic carbocycles. The van der Waals surface area contributed by atoms with Gasteiger partial charge in [0.05, 0.1) is 12.1 Å². The van der Waals surface area contributed by atoms with Crippen LogP contribution in [0.3, 0.4) is 0 Å². The molecule has 1 fully saturated rings. The van der Waals surface area contributed by atoms with E-state index in [2.05, 4.69) is 42.2 Å². The van der Waals surface area contributed by atoms with E-state index in [1.807, 2.05) is 18.2 Å². The molecule has 22 nitrogen and oxygen atoms in total. The number of aromatic nitrogens is 1. The van der Waals surface area contributed by atoms with Crippen molar-refractivity contribution in [1.82, 2.24) is 47.1 Å². The first kappa shape index (κ1) is 60.5. The summed E-state index contributed by atoms with van der Waals surface area (Å²) in [7, 11) is 3.13. The summed E-state index contributed by atoms with van der Waals surface area (Å²) in [6, 6.07) is 22.3. The van der Waals surface area contributed by atoms with Crippen LogP contribution in [0.1, 0.15) is 53.2 Å². The highest BCUT2D eigenvalue weighted by Crippen LogP contribution is 2.24. The molecule has 1 aromatic heterocycles. The lowest BCUT2D eigenvalue weighted by atomic mass is 10.00. The van der Waals surface area contributed by atoms with Gasteiger partial charge in [-0.3, -0.25) is 38.4 Å². The number of nitrogens with zero attached hydrogens (tertiary/aromatic N) is 1. The molecular formula is C55H67N11O11S2. The largest absolute Gasteiger partial charge is 0.480 e. The number of hydrogen-bond acceptors (Lipinski definition) is 14. The molecule has 0 bridgehead atoms. The number of rotatable bonds is 14. The number of carbonyl (C=O) groups is 9. The van der Waals surface area contributed by atoms with Gasteiger partial charge in [0.1, 0.15) is 36.3 Å². The third kappa shape index (κ3) is 17.6. The zero-order valence-corrected chi connectivity index (χ0v) is 45.2. The molecule has 6 rings (SSSR count). The second-order valence-electron chi connectivity index (χ2n) is 19.0. The molecule has 0 radical (unpaired) electrons. The molecule has 0 saturated carbocycles. The lowest BCUT2D eigenvalue weighted by Crippen LogP contribution is -2.64. The Labute approximate surface area is 464 Å². The van der Waals surface area contributed by atoms with Crippen LogP contribution in [-0.4, -0.2) is 153 Å². The first-order valence-corrected chi connectivity index (χ1v) is 28.1. The Morgan fingerprint density at radius 1 is 0.608 bits per heavy atom. The van der Waals surface area contributed by atoms with Gasteiger partial charge in [0.2, 0.25) is 35.4 Å². The number of nitrogens with one attached hydrogen (secondary N) is 8. The van der Waals surface area contributed by atoms with E-state index in [0.29, 0.717) is 23.1 Å². The maximum Gasteiger partial charge on any atom is 0.327 e. The molecule has 1 saturated heterocycles. The van der Waals surface area contributed by atoms with Crippen molar-refractivity contribution in [3.05, 3.63) is 144 Å². The van der Waals surface area contributed by atoms with E-state index >= 15 is 0 Å². The summed E-state index contributed by atoms with van der Waals surface area (Å²) in [5, 5.41) is 40.4. The topological polar surface area (TPSA) is 349 Å². The standard InChI is InChI=1S/C55H67N11O11S2/c1-32(67)45-52(73)65-46(66(2)54(75)35-20-10-5-11-21-35)53(74)63-44(55(76)77)31-79-78-30-38(57)47(68)60-41(26-33-16-6-3-7-17-33)49(70)61-42(27-34-18-8-4-9-19-34)50(71)62-43(28-36-29-58-39-23-13-12-22-37(36)39)51(72)59-40(48(69)64-45)24-14-15-25-56/h3-13,16-23,29,32,38,40-46,58,67H,14-15,24-28,30-31,56-57H2,1-2H3,(H,59,72)(H,60,68)(H,61,70)(H,62,71)(H,63,74)(H,64,69)(H,65,73)(H,76,77)/t32-,38+,40+,41+,42+,43-,44+,45+,46+/m1/s1. The number of aliphatic hydroxyl groups is 1. The summed E-state index contributed by atoms with van der Waals surface area (Å²) in [5.41, 5.74) is 14.9. The maximum atomic E-state index is 14.9. The summed E-state index contributed by atoms with van der Waals surface area (Å²) < 4.78 is 0. The average Bonchev–Trinajstić information content (AvgIpc) is 3.88. The molecule has 79 heavy (non-hydrogen) atoms. The van der Waals surface area contributed by atoms with Crippen LogP contribution in [0.4, 0.5) is 0 Å². The number of unbranched alkanes of at least 4 members (excludes halogenated alkanes) is 1. The van der Waals surface area contributed by atoms with Crippen molar-refractivity contribution in [1.29, 1.82) is 0 Å². The van der Waals surface area contributed by atoms with Gasteiger partial charge in [0.25, 0.3) is 11.8 Å². The fourth-order valence-corrected chi connectivity index (χ4v) is 10.8. The second kappa shape index (κ2) is 29.8. The summed E-state index contributed by atoms with van der Waals surface area (Å²) in [4.78, 5) is 132. The zero-order chi connectivity index (χ0) is 57.0. The predicted molar refractivity (Wildman–Crippen MR) is 299 cm³/mol. The van der Waals surface area contributed by atoms with E-state index in [4.69, 9.17) is 11.5 Å². The van der Waals surface area contributed by atoms with Crippen LogP contribution in [0.5, 0.6) is 0 Å². The Hall–Kier alpha value is -7.77. The van der Waals surface area contributed by atoms with E-state index in [0.717, 1.165) is 37.4 Å². The number of fused-ring (bicyclic) bond motifs is 1. The van der Waals surface area contributed by atoms with Crippen LogP contribution in [0, 0.1) is 0 Å². The van der Waals surface area contributed by atoms with E-state index in [1.165, 1.54) is 26.1 Å². The number of aliphatic carboxylic acids is 1. The molecule has 4 aromatic carbocycles. The van der Waals surface area contributed by atoms with E-state index in [1.54, 1.807) is 91.1 Å². The van der Waals surface area contributed by atoms with Crippen molar-refractivity contribution in [2.24, 2.45) is 11.5 Å². The highest BCUT2D eigenvalue weighted by molar-refractivity contribution is 8.76. The molecule has 1 aliphatic heterocycles. The van der Waals surface area contributed by atoms with Crippen LogP contribution in [0.2, 0.25) is 0 Å². The van der Waals surface area contributed by atoms with Gasteiger partial charge >= 0.3 is 5.97 Å². The molecular weight excluding hydrogens is 1050 g/mol. The number of para-hydroxylation sites is 1. The minimum Gasteiger partial charge on any atom is -0.480 e. The van der Waals surface area contributed by atoms with Crippen LogP contribution in [-0.2, 0) is 57.6 Å². The number of hydrogen-bond donors (Lipinski definition) is 12. The number of aliphatic hydroxyl groups excluding tert-OH is 1. The third-order valence-corrected chi connectivity index (χ3v) is 15.4. The van der Waals surface area contributed by atoms with Crippen LogP contribution in [0.25, 0.3) is 10.9 Å². The van der Waals surface area contributed by atoms with Gasteiger partial charge in [-0.25, -0.2) is 4.79 Å². The first-order chi connectivity index (χ1) is 37.9. The molecule has 0 unspecified atom stereocenters. The summed E-state index contributed by atoms with van der Waals surface area (Å²) in [5.74, 6) is -9.12. The Morgan fingerprint density at radius 3 is 1.68 bits per heavy atom. The molecule has 2 heterocycles. The number of likely N-dealkylation sites (N-methyl/N-ethyl adjacent to an activating group) is 1. The minimum absolute atomic E-state index is 0.0323. The SMILES string of the molecule is C[C@@H](O)[C@@H]1NC(=O)[C@H](CCCCN)NC(=O)[C@@H](Cc2c[nH]c3ccccc23)NC(=O)[C@H](Cc2ccccc2)NC(=O)[C@H](Cc2ccccc2)NC(=O)[C@@H](N)CSSC[C@@H](C(=O)O)NC(=O)[C@H](N(C)C(=O)c2ccccc2)NC1=O. The highest BCUT2D eigenvalue weighted by atomic mass is 33.1. The van der Waals surface area contributed by atoms with Gasteiger partial charge in [-0.2, -0.15) is 0 Å². The zero-order valence-electron chi connectivity index (χ0n) is 43.6. The molecule has 0 spiro atoms. The Bertz CT molecular complexity index is 2900. The highest BCUT2D eigenvalue weighted by Gasteiger charge is 2.38. The number of nitrogens with two attached hydrogens (primary N) is 2. The van der Waals surface area contributed by atoms with Crippen molar-refractivity contribution in [2.75, 3.05) is 25.1 Å². The smallest absolute Gasteiger partial charge is 0.327 e. The summed E-state index contributed by atoms with van der Waals surface area (Å²) in [6.45, 7) is 1.40. The van der Waals surface area contributed by atoms with Gasteiger partial charge in [-0.1, -0.05) is 119 Å². The number of H-pyrrole nitrogens is 1.